The van der Waals surface area contributed by atoms with Gasteiger partial charge in [-0.3, -0.25) is 10.4 Å². The van der Waals surface area contributed by atoms with Crippen molar-refractivity contribution in [3.8, 4) is 11.3 Å². The second kappa shape index (κ2) is 7.16. The van der Waals surface area contributed by atoms with E-state index in [0.29, 0.717) is 18.8 Å². The number of nitrogens with one attached hydrogen (secondary N) is 2. The Balaban J connectivity index is 1.51. The molecule has 0 bridgehead atoms. The van der Waals surface area contributed by atoms with Crippen molar-refractivity contribution in [1.29, 1.82) is 0 Å². The van der Waals surface area contributed by atoms with E-state index in [9.17, 15) is 9.18 Å². The number of methoxy groups -OCH3 is 1. The summed E-state index contributed by atoms with van der Waals surface area (Å²) >= 11 is 0. The number of anilines is 1. The van der Waals surface area contributed by atoms with Crippen LogP contribution >= 0.6 is 0 Å². The van der Waals surface area contributed by atoms with Gasteiger partial charge in [0.15, 0.2) is 11.6 Å². The number of aromatic amines is 1. The van der Waals surface area contributed by atoms with Crippen molar-refractivity contribution in [1.82, 2.24) is 25.2 Å². The molecule has 3 heterocycles. The molecule has 4 rings (SSSR count). The fourth-order valence-electron chi connectivity index (χ4n) is 3.13. The van der Waals surface area contributed by atoms with Gasteiger partial charge in [0.2, 0.25) is 0 Å². The monoisotopic (exact) mass is 372 g/mol. The van der Waals surface area contributed by atoms with Gasteiger partial charge < -0.3 is 14.2 Å². The Morgan fingerprint density at radius 2 is 2.30 bits per heavy atom. The predicted molar refractivity (Wildman–Crippen MR) is 92.2 cm³/mol. The Morgan fingerprint density at radius 3 is 3.04 bits per heavy atom. The lowest BCUT2D eigenvalue weighted by molar-refractivity contribution is 0.111. The van der Waals surface area contributed by atoms with E-state index in [1.165, 1.54) is 18.5 Å². The van der Waals surface area contributed by atoms with Crippen molar-refractivity contribution in [3.63, 3.8) is 0 Å². The van der Waals surface area contributed by atoms with E-state index >= 15 is 0 Å². The van der Waals surface area contributed by atoms with E-state index in [1.54, 1.807) is 30.2 Å². The number of ether oxygens (including phenoxy) is 1. The van der Waals surface area contributed by atoms with E-state index in [-0.39, 0.29) is 35.3 Å². The fourth-order valence-corrected chi connectivity index (χ4v) is 3.13. The summed E-state index contributed by atoms with van der Waals surface area (Å²) in [6.07, 6.45) is 1.87. The van der Waals surface area contributed by atoms with Crippen LogP contribution in [0, 0.1) is 5.82 Å². The average Bonchev–Trinajstić information content (AvgIpc) is 3.42. The van der Waals surface area contributed by atoms with Crippen LogP contribution in [-0.2, 0) is 4.74 Å². The lowest BCUT2D eigenvalue weighted by atomic mass is 10.1. The summed E-state index contributed by atoms with van der Waals surface area (Å²) in [5.41, 5.74) is 0.269. The van der Waals surface area contributed by atoms with Gasteiger partial charge in [-0.05, 0) is 12.1 Å². The summed E-state index contributed by atoms with van der Waals surface area (Å²) in [7, 11) is 1.60. The first-order chi connectivity index (χ1) is 13.2. The number of aromatic nitrogens is 4. The molecule has 9 nitrogen and oxygen atoms in total. The first-order valence-corrected chi connectivity index (χ1v) is 8.33. The number of hydrogen-bond donors (Lipinski definition) is 2. The summed E-state index contributed by atoms with van der Waals surface area (Å²) in [5, 5.41) is 13.1. The minimum Gasteiger partial charge on any atom is -0.380 e. The fraction of sp³-hybridized carbons (Fsp3) is 0.294. The van der Waals surface area contributed by atoms with Gasteiger partial charge in [0.05, 0.1) is 17.7 Å². The predicted octanol–water partition coefficient (Wildman–Crippen LogP) is 2.59. The van der Waals surface area contributed by atoms with Crippen molar-refractivity contribution in [2.24, 2.45) is 0 Å². The number of H-pyrrole nitrogens is 1. The molecule has 0 aliphatic carbocycles. The Bertz CT molecular complexity index is 928. The zero-order valence-electron chi connectivity index (χ0n) is 14.4. The number of urea groups is 1. The van der Waals surface area contributed by atoms with Gasteiger partial charge in [-0.1, -0.05) is 17.3 Å². The van der Waals surface area contributed by atoms with Gasteiger partial charge in [0.1, 0.15) is 18.0 Å². The summed E-state index contributed by atoms with van der Waals surface area (Å²) in [4.78, 5) is 18.5. The molecule has 0 unspecified atom stereocenters. The lowest BCUT2D eigenvalue weighted by Crippen LogP contribution is -2.36. The molecule has 10 heteroatoms. The van der Waals surface area contributed by atoms with Crippen LogP contribution in [0.2, 0.25) is 0 Å². The molecule has 3 aromatic rings. The number of amides is 2. The summed E-state index contributed by atoms with van der Waals surface area (Å²) < 4.78 is 24.4. The minimum atomic E-state index is -0.431. The molecular formula is C17H17FN6O3. The van der Waals surface area contributed by atoms with Crippen LogP contribution in [0.3, 0.4) is 0 Å². The smallest absolute Gasteiger partial charge is 0.323 e. The van der Waals surface area contributed by atoms with Gasteiger partial charge >= 0.3 is 6.03 Å². The first kappa shape index (κ1) is 17.2. The number of nitrogens with zero attached hydrogens (tertiary/aromatic N) is 4. The maximum Gasteiger partial charge on any atom is 0.323 e. The van der Waals surface area contributed by atoms with Gasteiger partial charge in [0.25, 0.3) is 0 Å². The average molecular weight is 372 g/mol. The van der Waals surface area contributed by atoms with Gasteiger partial charge in [-0.25, -0.2) is 14.2 Å². The van der Waals surface area contributed by atoms with Crippen molar-refractivity contribution >= 4 is 11.8 Å². The second-order valence-electron chi connectivity index (χ2n) is 6.12. The highest BCUT2D eigenvalue weighted by molar-refractivity contribution is 5.89. The molecule has 2 N–H and O–H groups in total. The number of carbonyl (C=O) groups excluding carboxylic acids is 1. The first-order valence-electron chi connectivity index (χ1n) is 8.33. The van der Waals surface area contributed by atoms with E-state index < -0.39 is 5.82 Å². The van der Waals surface area contributed by atoms with Gasteiger partial charge in [-0.15, -0.1) is 0 Å². The van der Waals surface area contributed by atoms with E-state index in [4.69, 9.17) is 9.26 Å². The Labute approximate surface area is 153 Å². The highest BCUT2D eigenvalue weighted by Crippen LogP contribution is 2.32. The van der Waals surface area contributed by atoms with Crippen LogP contribution in [0.25, 0.3) is 11.3 Å². The standard InChI is InChI=1S/C17H17FN6O3/c1-26-10-6-13(16-19-9-20-22-16)24(8-10)17(25)21-15-7-14(27-23-15)11-4-2-3-5-12(11)18/h2-5,7,9-10,13H,6,8H2,1H3,(H,19,20,22)(H,21,23,25)/t10-,13+/m1/s1. The number of likely N-dealkylation sites (tertiary alicyclic amines) is 1. The quantitative estimate of drug-likeness (QED) is 0.729. The molecule has 1 saturated heterocycles. The second-order valence-corrected chi connectivity index (χ2v) is 6.12. The normalized spacial score (nSPS) is 19.4. The number of rotatable bonds is 4. The van der Waals surface area contributed by atoms with E-state index in [0.717, 1.165) is 0 Å². The van der Waals surface area contributed by atoms with Crippen molar-refractivity contribution in [2.75, 3.05) is 19.0 Å². The summed E-state index contributed by atoms with van der Waals surface area (Å²) in [6.45, 7) is 0.395. The van der Waals surface area contributed by atoms with Crippen LogP contribution in [-0.4, -0.2) is 51.0 Å². The SMILES string of the molecule is CO[C@@H]1C[C@@H](c2ncn[nH]2)N(C(=O)Nc2cc(-c3ccccc3F)on2)C1. The third kappa shape index (κ3) is 3.38. The zero-order chi connectivity index (χ0) is 18.8. The molecule has 2 aromatic heterocycles. The largest absolute Gasteiger partial charge is 0.380 e. The Hall–Kier alpha value is -3.27. The zero-order valence-corrected chi connectivity index (χ0v) is 14.4. The van der Waals surface area contributed by atoms with Crippen LogP contribution < -0.4 is 5.32 Å². The number of carbonyl (C=O) groups is 1. The molecule has 1 aliphatic rings. The molecule has 1 aliphatic heterocycles. The van der Waals surface area contributed by atoms with Crippen molar-refractivity contribution in [2.45, 2.75) is 18.6 Å². The van der Waals surface area contributed by atoms with Crippen molar-refractivity contribution in [3.05, 3.63) is 48.3 Å². The number of hydrogen-bond acceptors (Lipinski definition) is 6. The van der Waals surface area contributed by atoms with Crippen molar-refractivity contribution < 1.29 is 18.4 Å². The van der Waals surface area contributed by atoms with Gasteiger partial charge in [-0.2, -0.15) is 5.10 Å². The molecule has 0 saturated carbocycles. The highest BCUT2D eigenvalue weighted by atomic mass is 19.1. The van der Waals surface area contributed by atoms with Crippen LogP contribution in [0.15, 0.2) is 41.2 Å². The topological polar surface area (TPSA) is 109 Å². The van der Waals surface area contributed by atoms with E-state index in [2.05, 4.69) is 25.7 Å². The number of halogens is 1. The minimum absolute atomic E-state index is 0.114. The maximum atomic E-state index is 13.9. The molecule has 2 atom stereocenters. The third-order valence-corrected chi connectivity index (χ3v) is 4.49. The molecule has 1 aromatic carbocycles. The third-order valence-electron chi connectivity index (χ3n) is 4.49. The van der Waals surface area contributed by atoms with Crippen LogP contribution in [0.1, 0.15) is 18.3 Å². The van der Waals surface area contributed by atoms with Gasteiger partial charge in [0, 0.05) is 26.1 Å². The Morgan fingerprint density at radius 1 is 1.44 bits per heavy atom. The molecule has 140 valence electrons. The molecule has 27 heavy (non-hydrogen) atoms. The lowest BCUT2D eigenvalue weighted by Gasteiger charge is -2.22. The maximum absolute atomic E-state index is 13.9. The number of benzene rings is 1. The molecule has 1 fully saturated rings. The summed E-state index contributed by atoms with van der Waals surface area (Å²) in [5.74, 6) is 0.568. The van der Waals surface area contributed by atoms with Crippen LogP contribution in [0.5, 0.6) is 0 Å². The van der Waals surface area contributed by atoms with Crippen LogP contribution in [0.4, 0.5) is 15.0 Å². The summed E-state index contributed by atoms with van der Waals surface area (Å²) in [6, 6.07) is 6.97. The molecular weight excluding hydrogens is 355 g/mol. The molecule has 0 spiro atoms. The van der Waals surface area contributed by atoms with E-state index in [1.807, 2.05) is 0 Å². The molecule has 0 radical (unpaired) electrons. The molecule has 2 amide bonds. The highest BCUT2D eigenvalue weighted by Gasteiger charge is 2.38. The Kier molecular flexibility index (Phi) is 4.55.